The first-order valence-corrected chi connectivity index (χ1v) is 5.45. The van der Waals surface area contributed by atoms with Gasteiger partial charge in [0, 0.05) is 12.5 Å². The summed E-state index contributed by atoms with van der Waals surface area (Å²) in [5.74, 6) is 2.67. The number of hydrogen-bond donors (Lipinski definition) is 1. The van der Waals surface area contributed by atoms with E-state index in [9.17, 15) is 0 Å². The minimum Gasteiger partial charge on any atom is -0.313 e. The molecule has 1 rings (SSSR count). The highest BCUT2D eigenvalue weighted by Gasteiger charge is 2.07. The highest BCUT2D eigenvalue weighted by atomic mass is 32.1. The molecule has 13 heavy (non-hydrogen) atoms. The number of nitrogens with one attached hydrogen (secondary N) is 1. The monoisotopic (exact) mass is 193 g/mol. The fourth-order valence-corrected chi connectivity index (χ4v) is 2.07. The molecule has 0 aliphatic carbocycles. The van der Waals surface area contributed by atoms with Gasteiger partial charge in [-0.05, 0) is 42.3 Å². The van der Waals surface area contributed by atoms with E-state index >= 15 is 0 Å². The van der Waals surface area contributed by atoms with Crippen LogP contribution in [-0.2, 0) is 0 Å². The molecule has 0 aliphatic heterocycles. The lowest BCUT2D eigenvalue weighted by atomic mass is 10.0. The molecule has 0 amide bonds. The van der Waals surface area contributed by atoms with E-state index in [-0.39, 0.29) is 0 Å². The molecule has 2 heteroatoms. The van der Waals surface area contributed by atoms with Gasteiger partial charge < -0.3 is 5.32 Å². The van der Waals surface area contributed by atoms with Gasteiger partial charge in [0.05, 0.1) is 0 Å². The normalized spacial score (nSPS) is 12.3. The Morgan fingerprint density at radius 3 is 3.08 bits per heavy atom. The predicted molar refractivity (Wildman–Crippen MR) is 58.8 cm³/mol. The Bertz CT molecular complexity index is 258. The first-order chi connectivity index (χ1) is 6.38. The van der Waals surface area contributed by atoms with Crippen LogP contribution >= 0.6 is 11.3 Å². The third-order valence-electron chi connectivity index (χ3n) is 2.11. The third-order valence-corrected chi connectivity index (χ3v) is 2.81. The molecule has 0 saturated carbocycles. The van der Waals surface area contributed by atoms with Gasteiger partial charge >= 0.3 is 0 Å². The highest BCUT2D eigenvalue weighted by molar-refractivity contribution is 7.07. The third kappa shape index (κ3) is 3.22. The fraction of sp³-hybridized carbons (Fsp3) is 0.455. The van der Waals surface area contributed by atoms with Crippen LogP contribution in [0.1, 0.15) is 30.9 Å². The van der Waals surface area contributed by atoms with Crippen molar-refractivity contribution in [1.82, 2.24) is 5.32 Å². The zero-order valence-corrected chi connectivity index (χ0v) is 8.73. The van der Waals surface area contributed by atoms with Gasteiger partial charge in [0.15, 0.2) is 0 Å². The summed E-state index contributed by atoms with van der Waals surface area (Å²) in [5.41, 5.74) is 1.38. The minimum absolute atomic E-state index is 0.472. The number of unbranched alkanes of at least 4 members (excludes halogenated alkanes) is 1. The molecule has 0 spiro atoms. The van der Waals surface area contributed by atoms with Crippen molar-refractivity contribution in [3.63, 3.8) is 0 Å². The zero-order chi connectivity index (χ0) is 9.52. The molecule has 1 atom stereocenters. The van der Waals surface area contributed by atoms with Gasteiger partial charge in [-0.2, -0.15) is 11.3 Å². The Balaban J connectivity index is 2.41. The van der Waals surface area contributed by atoms with Crippen LogP contribution in [0.2, 0.25) is 0 Å². The maximum Gasteiger partial charge on any atom is 0.0326 e. The summed E-state index contributed by atoms with van der Waals surface area (Å²) < 4.78 is 0. The van der Waals surface area contributed by atoms with Crippen molar-refractivity contribution in [3.05, 3.63) is 22.4 Å². The number of thiophene rings is 1. The van der Waals surface area contributed by atoms with Crippen molar-refractivity contribution >= 4 is 11.3 Å². The number of hydrogen-bond acceptors (Lipinski definition) is 2. The smallest absolute Gasteiger partial charge is 0.0326 e. The molecule has 0 radical (unpaired) electrons. The topological polar surface area (TPSA) is 12.0 Å². The summed E-state index contributed by atoms with van der Waals surface area (Å²) in [6.07, 6.45) is 8.30. The van der Waals surface area contributed by atoms with Crippen LogP contribution in [0.5, 0.6) is 0 Å². The standard InChI is InChI=1S/C11H15NS/c1-3-4-5-6-11(12-2)10-7-8-13-9-10/h1,7-9,11-12H,4-6H2,2H3. The van der Waals surface area contributed by atoms with E-state index in [1.54, 1.807) is 11.3 Å². The second-order valence-electron chi connectivity index (χ2n) is 2.99. The van der Waals surface area contributed by atoms with Gasteiger partial charge in [0.25, 0.3) is 0 Å². The SMILES string of the molecule is C#CCCCC(NC)c1ccsc1. The van der Waals surface area contributed by atoms with Crippen molar-refractivity contribution in [3.8, 4) is 12.3 Å². The Morgan fingerprint density at radius 1 is 1.69 bits per heavy atom. The first-order valence-electron chi connectivity index (χ1n) is 4.51. The van der Waals surface area contributed by atoms with E-state index in [1.165, 1.54) is 5.56 Å². The molecule has 1 heterocycles. The summed E-state index contributed by atoms with van der Waals surface area (Å²) >= 11 is 1.74. The number of terminal acetylenes is 1. The highest BCUT2D eigenvalue weighted by Crippen LogP contribution is 2.20. The molecule has 1 nitrogen and oxygen atoms in total. The molecule has 1 unspecified atom stereocenters. The maximum absolute atomic E-state index is 5.21. The van der Waals surface area contributed by atoms with Crippen molar-refractivity contribution < 1.29 is 0 Å². The largest absolute Gasteiger partial charge is 0.313 e. The predicted octanol–water partition coefficient (Wildman–Crippen LogP) is 2.81. The molecule has 0 saturated heterocycles. The minimum atomic E-state index is 0.472. The van der Waals surface area contributed by atoms with E-state index in [0.29, 0.717) is 6.04 Å². The van der Waals surface area contributed by atoms with E-state index in [1.807, 2.05) is 7.05 Å². The average Bonchev–Trinajstić information content (AvgIpc) is 2.65. The Kier molecular flexibility index (Phi) is 4.59. The molecule has 70 valence electrons. The van der Waals surface area contributed by atoms with Gasteiger partial charge in [-0.1, -0.05) is 0 Å². The molecule has 0 fully saturated rings. The van der Waals surface area contributed by atoms with Gasteiger partial charge in [0.2, 0.25) is 0 Å². The summed E-state index contributed by atoms with van der Waals surface area (Å²) in [5, 5.41) is 7.60. The van der Waals surface area contributed by atoms with Crippen molar-refractivity contribution in [2.24, 2.45) is 0 Å². The number of rotatable bonds is 5. The van der Waals surface area contributed by atoms with E-state index in [4.69, 9.17) is 6.42 Å². The Morgan fingerprint density at radius 2 is 2.54 bits per heavy atom. The lowest BCUT2D eigenvalue weighted by molar-refractivity contribution is 0.533. The van der Waals surface area contributed by atoms with Crippen molar-refractivity contribution in [2.45, 2.75) is 25.3 Å². The average molecular weight is 193 g/mol. The molecule has 1 N–H and O–H groups in total. The molecule has 0 aromatic carbocycles. The molecular formula is C11H15NS. The van der Waals surface area contributed by atoms with Crippen LogP contribution in [0.3, 0.4) is 0 Å². The van der Waals surface area contributed by atoms with Gasteiger partial charge in [-0.15, -0.1) is 12.3 Å². The maximum atomic E-state index is 5.21. The van der Waals surface area contributed by atoms with Crippen LogP contribution in [0.25, 0.3) is 0 Å². The van der Waals surface area contributed by atoms with Crippen LogP contribution in [0, 0.1) is 12.3 Å². The van der Waals surface area contributed by atoms with Crippen LogP contribution in [0.4, 0.5) is 0 Å². The molecular weight excluding hydrogens is 178 g/mol. The lowest BCUT2D eigenvalue weighted by Crippen LogP contribution is -2.15. The summed E-state index contributed by atoms with van der Waals surface area (Å²) in [4.78, 5) is 0. The van der Waals surface area contributed by atoms with E-state index in [2.05, 4.69) is 28.1 Å². The van der Waals surface area contributed by atoms with Crippen LogP contribution < -0.4 is 5.32 Å². The van der Waals surface area contributed by atoms with Crippen LogP contribution in [0.15, 0.2) is 16.8 Å². The van der Waals surface area contributed by atoms with Gasteiger partial charge in [-0.25, -0.2) is 0 Å². The fourth-order valence-electron chi connectivity index (χ4n) is 1.36. The summed E-state index contributed by atoms with van der Waals surface area (Å²) in [6, 6.07) is 2.64. The zero-order valence-electron chi connectivity index (χ0n) is 7.92. The molecule has 0 aliphatic rings. The van der Waals surface area contributed by atoms with Crippen molar-refractivity contribution in [2.75, 3.05) is 7.05 Å². The lowest BCUT2D eigenvalue weighted by Gasteiger charge is -2.13. The van der Waals surface area contributed by atoms with Crippen LogP contribution in [-0.4, -0.2) is 7.05 Å². The van der Waals surface area contributed by atoms with Crippen molar-refractivity contribution in [1.29, 1.82) is 0 Å². The van der Waals surface area contributed by atoms with E-state index in [0.717, 1.165) is 19.3 Å². The quantitative estimate of drug-likeness (QED) is 0.560. The summed E-state index contributed by atoms with van der Waals surface area (Å²) in [6.45, 7) is 0. The molecule has 0 bridgehead atoms. The second kappa shape index (κ2) is 5.80. The molecule has 1 aromatic rings. The first kappa shape index (κ1) is 10.3. The van der Waals surface area contributed by atoms with Gasteiger partial charge in [-0.3, -0.25) is 0 Å². The summed E-state index contributed by atoms with van der Waals surface area (Å²) in [7, 11) is 2.00. The van der Waals surface area contributed by atoms with E-state index < -0.39 is 0 Å². The Labute approximate surface area is 84.2 Å². The van der Waals surface area contributed by atoms with Gasteiger partial charge in [0.1, 0.15) is 0 Å². The Hall–Kier alpha value is -0.780. The second-order valence-corrected chi connectivity index (χ2v) is 3.77. The molecule has 1 aromatic heterocycles.